The number of carbonyl (C=O) groups is 2. The molecule has 1 aliphatic rings. The molecule has 1 atom stereocenters. The Hall–Kier alpha value is -2.96. The number of hydrogen-bond acceptors (Lipinski definition) is 5. The topological polar surface area (TPSA) is 84.4 Å². The van der Waals surface area contributed by atoms with Crippen LogP contribution in [0.1, 0.15) is 30.1 Å². The number of aromatic nitrogens is 2. The number of benzene rings is 1. The molecule has 1 fully saturated rings. The van der Waals surface area contributed by atoms with Crippen molar-refractivity contribution in [2.75, 3.05) is 20.2 Å². The van der Waals surface area contributed by atoms with E-state index < -0.39 is 0 Å². The van der Waals surface area contributed by atoms with E-state index in [4.69, 9.17) is 4.74 Å². The number of methoxy groups -OCH3 is 1. The molecule has 1 aromatic carbocycles. The molecule has 2 heterocycles. The lowest BCUT2D eigenvalue weighted by Crippen LogP contribution is -2.37. The van der Waals surface area contributed by atoms with E-state index in [-0.39, 0.29) is 17.9 Å². The molecule has 0 aliphatic carbocycles. The van der Waals surface area contributed by atoms with Gasteiger partial charge in [0, 0.05) is 42.9 Å². The Kier molecular flexibility index (Phi) is 5.46. The van der Waals surface area contributed by atoms with Crippen LogP contribution in [0, 0.1) is 0 Å². The fraction of sp³-hybridized carbons (Fsp3) is 0.368. The Morgan fingerprint density at radius 1 is 1.38 bits per heavy atom. The maximum Gasteiger partial charge on any atom is 0.251 e. The first-order valence-electron chi connectivity index (χ1n) is 8.66. The van der Waals surface area contributed by atoms with Crippen molar-refractivity contribution >= 4 is 11.8 Å². The van der Waals surface area contributed by atoms with Gasteiger partial charge in [0.15, 0.2) is 5.82 Å². The normalized spacial score (nSPS) is 16.6. The van der Waals surface area contributed by atoms with Gasteiger partial charge in [-0.2, -0.15) is 4.98 Å². The molecule has 0 spiro atoms. The average Bonchev–Trinajstić information content (AvgIpc) is 3.01. The van der Waals surface area contributed by atoms with E-state index in [2.05, 4.69) is 15.3 Å². The number of hydrogen-bond donors (Lipinski definition) is 1. The fourth-order valence-electron chi connectivity index (χ4n) is 3.02. The molecule has 3 rings (SSSR count). The van der Waals surface area contributed by atoms with E-state index in [0.717, 1.165) is 18.5 Å². The van der Waals surface area contributed by atoms with Gasteiger partial charge in [-0.05, 0) is 18.6 Å². The van der Waals surface area contributed by atoms with Gasteiger partial charge in [-0.3, -0.25) is 9.59 Å². The summed E-state index contributed by atoms with van der Waals surface area (Å²) < 4.78 is 5.12. The molecule has 0 radical (unpaired) electrons. The van der Waals surface area contributed by atoms with E-state index in [1.165, 1.54) is 0 Å². The van der Waals surface area contributed by atoms with Crippen LogP contribution in [0.5, 0.6) is 5.88 Å². The molecule has 7 heteroatoms. The molecule has 1 N–H and O–H groups in total. The van der Waals surface area contributed by atoms with Gasteiger partial charge in [-0.1, -0.05) is 19.1 Å². The molecule has 136 valence electrons. The van der Waals surface area contributed by atoms with Crippen molar-refractivity contribution in [3.63, 3.8) is 0 Å². The summed E-state index contributed by atoms with van der Waals surface area (Å²) in [6.45, 7) is 3.33. The lowest BCUT2D eigenvalue weighted by molar-refractivity contribution is -0.127. The van der Waals surface area contributed by atoms with Gasteiger partial charge in [-0.25, -0.2) is 4.98 Å². The molecule has 26 heavy (non-hydrogen) atoms. The van der Waals surface area contributed by atoms with Crippen molar-refractivity contribution in [1.82, 2.24) is 20.2 Å². The predicted molar refractivity (Wildman–Crippen MR) is 96.8 cm³/mol. The Morgan fingerprint density at radius 2 is 2.23 bits per heavy atom. The van der Waals surface area contributed by atoms with Gasteiger partial charge in [0.2, 0.25) is 11.8 Å². The third kappa shape index (κ3) is 3.99. The lowest BCUT2D eigenvalue weighted by atomic mass is 10.1. The number of nitrogens with one attached hydrogen (secondary N) is 1. The third-order valence-corrected chi connectivity index (χ3v) is 4.27. The van der Waals surface area contributed by atoms with Crippen LogP contribution in [0.3, 0.4) is 0 Å². The fourth-order valence-corrected chi connectivity index (χ4v) is 3.02. The summed E-state index contributed by atoms with van der Waals surface area (Å²) >= 11 is 0. The number of likely N-dealkylation sites (tertiary alicyclic amines) is 1. The second kappa shape index (κ2) is 7.95. The summed E-state index contributed by atoms with van der Waals surface area (Å²) in [4.78, 5) is 34.8. The molecule has 2 aromatic rings. The smallest absolute Gasteiger partial charge is 0.251 e. The third-order valence-electron chi connectivity index (χ3n) is 4.27. The summed E-state index contributed by atoms with van der Waals surface area (Å²) in [5, 5.41) is 2.95. The summed E-state index contributed by atoms with van der Waals surface area (Å²) in [6.07, 6.45) is 2.87. The zero-order chi connectivity index (χ0) is 18.5. The second-order valence-electron chi connectivity index (χ2n) is 6.22. The monoisotopic (exact) mass is 354 g/mol. The minimum atomic E-state index is -0.203. The van der Waals surface area contributed by atoms with Crippen LogP contribution >= 0.6 is 0 Å². The van der Waals surface area contributed by atoms with E-state index in [1.807, 2.05) is 13.0 Å². The van der Waals surface area contributed by atoms with Crippen molar-refractivity contribution in [3.05, 3.63) is 42.1 Å². The number of carbonyl (C=O) groups excluding carboxylic acids is 2. The molecule has 1 unspecified atom stereocenters. The van der Waals surface area contributed by atoms with Crippen LogP contribution in [0.15, 0.2) is 36.5 Å². The van der Waals surface area contributed by atoms with Crippen LogP contribution in [-0.2, 0) is 4.79 Å². The standard InChI is InChI=1S/C19H22N4O3/c1-3-9-23-12-15(11-17(23)24)21-19(25)14-6-4-5-13(10-14)18-20-8-7-16(22-18)26-2/h4-8,10,15H,3,9,11-12H2,1-2H3,(H,21,25). The van der Waals surface area contributed by atoms with Gasteiger partial charge in [0.25, 0.3) is 5.91 Å². The number of ether oxygens (including phenoxy) is 1. The quantitative estimate of drug-likeness (QED) is 0.856. The zero-order valence-corrected chi connectivity index (χ0v) is 14.9. The molecule has 0 saturated carbocycles. The Morgan fingerprint density at radius 3 is 3.00 bits per heavy atom. The van der Waals surface area contributed by atoms with Gasteiger partial charge in [0.05, 0.1) is 13.2 Å². The molecule has 2 amide bonds. The Labute approximate surface area is 152 Å². The Bertz CT molecular complexity index is 809. The molecular weight excluding hydrogens is 332 g/mol. The Balaban J connectivity index is 1.72. The van der Waals surface area contributed by atoms with Crippen molar-refractivity contribution in [2.24, 2.45) is 0 Å². The maximum absolute atomic E-state index is 12.6. The highest BCUT2D eigenvalue weighted by Crippen LogP contribution is 2.19. The van der Waals surface area contributed by atoms with Crippen molar-refractivity contribution in [1.29, 1.82) is 0 Å². The number of amides is 2. The van der Waals surface area contributed by atoms with E-state index >= 15 is 0 Å². The van der Waals surface area contributed by atoms with Crippen molar-refractivity contribution < 1.29 is 14.3 Å². The van der Waals surface area contributed by atoms with Crippen LogP contribution in [0.25, 0.3) is 11.4 Å². The largest absolute Gasteiger partial charge is 0.481 e. The van der Waals surface area contributed by atoms with E-state index in [0.29, 0.717) is 30.2 Å². The first-order chi connectivity index (χ1) is 12.6. The van der Waals surface area contributed by atoms with Gasteiger partial charge >= 0.3 is 0 Å². The molecule has 0 bridgehead atoms. The lowest BCUT2D eigenvalue weighted by Gasteiger charge is -2.16. The highest BCUT2D eigenvalue weighted by molar-refractivity contribution is 5.96. The molecule has 1 aliphatic heterocycles. The summed E-state index contributed by atoms with van der Waals surface area (Å²) in [5.41, 5.74) is 1.24. The second-order valence-corrected chi connectivity index (χ2v) is 6.22. The number of rotatable bonds is 6. The van der Waals surface area contributed by atoms with Crippen LogP contribution < -0.4 is 10.1 Å². The average molecular weight is 354 g/mol. The van der Waals surface area contributed by atoms with Crippen molar-refractivity contribution in [2.45, 2.75) is 25.8 Å². The first-order valence-corrected chi connectivity index (χ1v) is 8.66. The number of nitrogens with zero attached hydrogens (tertiary/aromatic N) is 3. The minimum absolute atomic E-state index is 0.0932. The van der Waals surface area contributed by atoms with Crippen LogP contribution in [0.4, 0.5) is 0 Å². The molecule has 7 nitrogen and oxygen atoms in total. The summed E-state index contributed by atoms with van der Waals surface area (Å²) in [6, 6.07) is 8.62. The van der Waals surface area contributed by atoms with E-state index in [1.54, 1.807) is 42.5 Å². The molecule has 1 aromatic heterocycles. The van der Waals surface area contributed by atoms with Crippen LogP contribution in [0.2, 0.25) is 0 Å². The maximum atomic E-state index is 12.6. The zero-order valence-electron chi connectivity index (χ0n) is 14.9. The van der Waals surface area contributed by atoms with Crippen LogP contribution in [-0.4, -0.2) is 52.9 Å². The minimum Gasteiger partial charge on any atom is -0.481 e. The first kappa shape index (κ1) is 17.8. The van der Waals surface area contributed by atoms with Crippen molar-refractivity contribution in [3.8, 4) is 17.3 Å². The van der Waals surface area contributed by atoms with Gasteiger partial charge < -0.3 is 15.0 Å². The molecule has 1 saturated heterocycles. The SMILES string of the molecule is CCCN1CC(NC(=O)c2cccc(-c3nccc(OC)n3)c2)CC1=O. The van der Waals surface area contributed by atoms with Gasteiger partial charge in [-0.15, -0.1) is 0 Å². The summed E-state index contributed by atoms with van der Waals surface area (Å²) in [7, 11) is 1.54. The summed E-state index contributed by atoms with van der Waals surface area (Å²) in [5.74, 6) is 0.844. The van der Waals surface area contributed by atoms with Gasteiger partial charge in [0.1, 0.15) is 0 Å². The highest BCUT2D eigenvalue weighted by atomic mass is 16.5. The molecular formula is C19H22N4O3. The predicted octanol–water partition coefficient (Wildman–Crippen LogP) is 1.89. The van der Waals surface area contributed by atoms with E-state index in [9.17, 15) is 9.59 Å². The highest BCUT2D eigenvalue weighted by Gasteiger charge is 2.30.